The van der Waals surface area contributed by atoms with Crippen molar-refractivity contribution >= 4 is 11.9 Å². The third-order valence-electron chi connectivity index (χ3n) is 3.67. The third kappa shape index (κ3) is 4.86. The molecule has 1 amide bonds. The Kier molecular flexibility index (Phi) is 5.75. The molecule has 0 heterocycles. The Morgan fingerprint density at radius 1 is 1.24 bits per heavy atom. The van der Waals surface area contributed by atoms with Crippen molar-refractivity contribution in [2.24, 2.45) is 0 Å². The van der Waals surface area contributed by atoms with Crippen LogP contribution in [0, 0.1) is 0 Å². The first-order valence-electron chi connectivity index (χ1n) is 7.35. The molecule has 1 aromatic rings. The van der Waals surface area contributed by atoms with Crippen LogP contribution in [0.1, 0.15) is 37.7 Å². The zero-order chi connectivity index (χ0) is 15.1. The van der Waals surface area contributed by atoms with Crippen LogP contribution < -0.4 is 5.32 Å². The molecule has 1 fully saturated rings. The van der Waals surface area contributed by atoms with E-state index in [0.29, 0.717) is 12.8 Å². The molecule has 21 heavy (non-hydrogen) atoms. The van der Waals surface area contributed by atoms with Crippen LogP contribution in [0.25, 0.3) is 0 Å². The van der Waals surface area contributed by atoms with Crippen LogP contribution in [-0.2, 0) is 16.1 Å². The number of Topliss-reactive ketones (excluding diaryl/α,β-unsaturated/α-hetero) is 1. The van der Waals surface area contributed by atoms with Crippen molar-refractivity contribution < 1.29 is 19.4 Å². The monoisotopic (exact) mass is 291 g/mol. The molecular formula is C16H21NO4. The molecule has 1 unspecified atom stereocenters. The van der Waals surface area contributed by atoms with Crippen molar-refractivity contribution in [3.8, 4) is 0 Å². The van der Waals surface area contributed by atoms with E-state index in [1.165, 1.54) is 0 Å². The molecule has 2 rings (SSSR count). The topological polar surface area (TPSA) is 75.6 Å². The summed E-state index contributed by atoms with van der Waals surface area (Å²) in [6, 6.07) is 8.80. The lowest BCUT2D eigenvalue weighted by Crippen LogP contribution is -2.47. The number of benzene rings is 1. The maximum atomic E-state index is 11.8. The summed E-state index contributed by atoms with van der Waals surface area (Å²) in [7, 11) is 0. The van der Waals surface area contributed by atoms with E-state index < -0.39 is 18.2 Å². The Labute approximate surface area is 124 Å². The highest BCUT2D eigenvalue weighted by Gasteiger charge is 2.28. The largest absolute Gasteiger partial charge is 0.445 e. The van der Waals surface area contributed by atoms with E-state index >= 15 is 0 Å². The van der Waals surface area contributed by atoms with Crippen molar-refractivity contribution in [3.63, 3.8) is 0 Å². The van der Waals surface area contributed by atoms with Crippen LogP contribution in [0.15, 0.2) is 30.3 Å². The highest BCUT2D eigenvalue weighted by atomic mass is 16.5. The van der Waals surface area contributed by atoms with E-state index in [4.69, 9.17) is 4.74 Å². The zero-order valence-electron chi connectivity index (χ0n) is 12.0. The number of aliphatic hydroxyl groups is 1. The molecule has 2 atom stereocenters. The number of carbonyl (C=O) groups is 2. The van der Waals surface area contributed by atoms with E-state index in [1.807, 2.05) is 30.3 Å². The lowest BCUT2D eigenvalue weighted by atomic mass is 9.93. The standard InChI is InChI=1S/C16H21NO4/c18-14-10-6-2-5-9-13(15(14)19)17-16(20)21-11-12-7-3-1-4-8-12/h1,3-4,7-8,13,15,19H,2,5-6,9-11H2,(H,17,20)/t13-,15?/m0/s1. The number of nitrogens with one attached hydrogen (secondary N) is 1. The van der Waals surface area contributed by atoms with Gasteiger partial charge in [-0.05, 0) is 18.4 Å². The second kappa shape index (κ2) is 7.78. The van der Waals surface area contributed by atoms with Gasteiger partial charge in [-0.1, -0.05) is 43.2 Å². The second-order valence-electron chi connectivity index (χ2n) is 5.32. The quantitative estimate of drug-likeness (QED) is 0.895. The van der Waals surface area contributed by atoms with E-state index in [1.54, 1.807) is 0 Å². The van der Waals surface area contributed by atoms with E-state index in [2.05, 4.69) is 5.32 Å². The first-order chi connectivity index (χ1) is 10.2. The average Bonchev–Trinajstić information content (AvgIpc) is 2.50. The van der Waals surface area contributed by atoms with Crippen molar-refractivity contribution in [2.75, 3.05) is 0 Å². The lowest BCUT2D eigenvalue weighted by Gasteiger charge is -2.25. The summed E-state index contributed by atoms with van der Waals surface area (Å²) < 4.78 is 5.11. The number of alkyl carbamates (subject to hydrolysis) is 1. The van der Waals surface area contributed by atoms with Crippen molar-refractivity contribution in [3.05, 3.63) is 35.9 Å². The van der Waals surface area contributed by atoms with Gasteiger partial charge in [0.1, 0.15) is 12.7 Å². The summed E-state index contributed by atoms with van der Waals surface area (Å²) in [4.78, 5) is 23.5. The highest BCUT2D eigenvalue weighted by molar-refractivity contribution is 5.84. The third-order valence-corrected chi connectivity index (χ3v) is 3.67. The van der Waals surface area contributed by atoms with Crippen LogP contribution in [0.3, 0.4) is 0 Å². The minimum absolute atomic E-state index is 0.170. The number of hydrogen-bond acceptors (Lipinski definition) is 4. The summed E-state index contributed by atoms with van der Waals surface area (Å²) in [5.41, 5.74) is 0.891. The Morgan fingerprint density at radius 3 is 2.76 bits per heavy atom. The normalized spacial score (nSPS) is 23.0. The Balaban J connectivity index is 1.83. The van der Waals surface area contributed by atoms with Gasteiger partial charge in [0.25, 0.3) is 0 Å². The van der Waals surface area contributed by atoms with Crippen LogP contribution in [-0.4, -0.2) is 29.1 Å². The van der Waals surface area contributed by atoms with E-state index in [-0.39, 0.29) is 12.4 Å². The summed E-state index contributed by atoms with van der Waals surface area (Å²) in [5, 5.41) is 12.6. The van der Waals surface area contributed by atoms with E-state index in [0.717, 1.165) is 24.8 Å². The van der Waals surface area contributed by atoms with Crippen LogP contribution in [0.4, 0.5) is 4.79 Å². The first kappa shape index (κ1) is 15.5. The predicted molar refractivity (Wildman–Crippen MR) is 77.6 cm³/mol. The molecule has 1 saturated carbocycles. The van der Waals surface area contributed by atoms with Gasteiger partial charge in [0.15, 0.2) is 5.78 Å². The number of aliphatic hydroxyl groups excluding tert-OH is 1. The maximum Gasteiger partial charge on any atom is 0.407 e. The first-order valence-corrected chi connectivity index (χ1v) is 7.35. The molecule has 5 nitrogen and oxygen atoms in total. The molecule has 0 aromatic heterocycles. The fraction of sp³-hybridized carbons (Fsp3) is 0.500. The Bertz CT molecular complexity index is 474. The summed E-state index contributed by atoms with van der Waals surface area (Å²) in [5.74, 6) is -0.206. The summed E-state index contributed by atoms with van der Waals surface area (Å²) in [6.45, 7) is 0.170. The lowest BCUT2D eigenvalue weighted by molar-refractivity contribution is -0.129. The Morgan fingerprint density at radius 2 is 2.00 bits per heavy atom. The minimum Gasteiger partial charge on any atom is -0.445 e. The number of ketones is 1. The molecular weight excluding hydrogens is 270 g/mol. The van der Waals surface area contributed by atoms with Crippen LogP contribution in [0.2, 0.25) is 0 Å². The predicted octanol–water partition coefficient (Wildman–Crippen LogP) is 2.18. The molecule has 0 aliphatic heterocycles. The SMILES string of the molecule is O=C(N[C@H]1CCCCCC(=O)C1O)OCc1ccccc1. The molecule has 5 heteroatoms. The molecule has 0 saturated heterocycles. The van der Waals surface area contributed by atoms with Gasteiger partial charge in [-0.3, -0.25) is 4.79 Å². The summed E-state index contributed by atoms with van der Waals surface area (Å²) >= 11 is 0. The van der Waals surface area contributed by atoms with Gasteiger partial charge in [0, 0.05) is 6.42 Å². The van der Waals surface area contributed by atoms with Gasteiger partial charge in [-0.2, -0.15) is 0 Å². The molecule has 114 valence electrons. The van der Waals surface area contributed by atoms with Crippen LogP contribution >= 0.6 is 0 Å². The van der Waals surface area contributed by atoms with Gasteiger partial charge in [0.05, 0.1) is 6.04 Å². The Hall–Kier alpha value is -1.88. The molecule has 1 aliphatic carbocycles. The number of ether oxygens (including phenoxy) is 1. The van der Waals surface area contributed by atoms with Gasteiger partial charge in [0.2, 0.25) is 0 Å². The van der Waals surface area contributed by atoms with Crippen molar-refractivity contribution in [1.29, 1.82) is 0 Å². The molecule has 0 radical (unpaired) electrons. The maximum absolute atomic E-state index is 11.8. The number of hydrogen-bond donors (Lipinski definition) is 2. The van der Waals surface area contributed by atoms with Gasteiger partial charge < -0.3 is 15.2 Å². The smallest absolute Gasteiger partial charge is 0.407 e. The van der Waals surface area contributed by atoms with Crippen molar-refractivity contribution in [1.82, 2.24) is 5.32 Å². The number of amides is 1. The van der Waals surface area contributed by atoms with E-state index in [9.17, 15) is 14.7 Å². The molecule has 1 aromatic carbocycles. The zero-order valence-corrected chi connectivity index (χ0v) is 12.0. The fourth-order valence-electron chi connectivity index (χ4n) is 2.44. The van der Waals surface area contributed by atoms with Gasteiger partial charge in [-0.15, -0.1) is 0 Å². The molecule has 0 spiro atoms. The van der Waals surface area contributed by atoms with Crippen molar-refractivity contribution in [2.45, 2.75) is 50.9 Å². The fourth-order valence-corrected chi connectivity index (χ4v) is 2.44. The molecule has 0 bridgehead atoms. The average molecular weight is 291 g/mol. The molecule has 2 N–H and O–H groups in total. The summed E-state index contributed by atoms with van der Waals surface area (Å²) in [6.07, 6.45) is 1.86. The minimum atomic E-state index is -1.13. The second-order valence-corrected chi connectivity index (χ2v) is 5.32. The van der Waals surface area contributed by atoms with Crippen LogP contribution in [0.5, 0.6) is 0 Å². The van der Waals surface area contributed by atoms with Gasteiger partial charge >= 0.3 is 6.09 Å². The number of carbonyl (C=O) groups excluding carboxylic acids is 2. The number of rotatable bonds is 3. The highest BCUT2D eigenvalue weighted by Crippen LogP contribution is 2.16. The van der Waals surface area contributed by atoms with Gasteiger partial charge in [-0.25, -0.2) is 4.79 Å². The molecule has 1 aliphatic rings.